The van der Waals surface area contributed by atoms with Crippen LogP contribution in [0.2, 0.25) is 0 Å². The minimum Gasteiger partial charge on any atom is -0.497 e. The number of aryl methyl sites for hydroxylation is 1. The number of esters is 2. The molecule has 0 saturated carbocycles. The van der Waals surface area contributed by atoms with Gasteiger partial charge in [-0.1, -0.05) is 23.8 Å². The molecule has 0 bridgehead atoms. The molecule has 0 aliphatic heterocycles. The maximum Gasteiger partial charge on any atom is 0.323 e. The zero-order valence-electron chi connectivity index (χ0n) is 18.0. The van der Waals surface area contributed by atoms with Crippen LogP contribution in [0.25, 0.3) is 0 Å². The molecule has 2 aromatic rings. The number of hydrogen-bond donors (Lipinski definition) is 0. The van der Waals surface area contributed by atoms with Gasteiger partial charge in [0.2, 0.25) is 0 Å². The molecular formula is C23H26O7S. The third-order valence-corrected chi connectivity index (χ3v) is 7.66. The molecule has 1 aliphatic rings. The summed E-state index contributed by atoms with van der Waals surface area (Å²) < 4.78 is 41.6. The van der Waals surface area contributed by atoms with Crippen LogP contribution in [0.3, 0.4) is 0 Å². The summed E-state index contributed by atoms with van der Waals surface area (Å²) in [5, 5.41) is 0. The zero-order valence-corrected chi connectivity index (χ0v) is 18.8. The van der Waals surface area contributed by atoms with Crippen molar-refractivity contribution < 1.29 is 32.2 Å². The van der Waals surface area contributed by atoms with Gasteiger partial charge in [0.15, 0.2) is 15.3 Å². The van der Waals surface area contributed by atoms with Gasteiger partial charge in [-0.3, -0.25) is 9.59 Å². The predicted molar refractivity (Wildman–Crippen MR) is 114 cm³/mol. The van der Waals surface area contributed by atoms with Crippen LogP contribution in [-0.2, 0) is 35.3 Å². The summed E-state index contributed by atoms with van der Waals surface area (Å²) in [5.41, 5.74) is 0.756. The van der Waals surface area contributed by atoms with Crippen LogP contribution in [0.4, 0.5) is 0 Å². The molecule has 1 aliphatic carbocycles. The van der Waals surface area contributed by atoms with Crippen molar-refractivity contribution in [1.82, 2.24) is 0 Å². The lowest BCUT2D eigenvalue weighted by Gasteiger charge is -2.37. The lowest BCUT2D eigenvalue weighted by Crippen LogP contribution is -2.47. The van der Waals surface area contributed by atoms with E-state index in [1.165, 1.54) is 21.3 Å². The lowest BCUT2D eigenvalue weighted by atomic mass is 9.67. The fourth-order valence-electron chi connectivity index (χ4n) is 4.21. The number of carbonyl (C=O) groups excluding carboxylic acids is 2. The Hall–Kier alpha value is -2.87. The summed E-state index contributed by atoms with van der Waals surface area (Å²) in [5.74, 6) is -1.81. The van der Waals surface area contributed by atoms with Gasteiger partial charge in [-0.25, -0.2) is 8.42 Å². The number of carbonyl (C=O) groups is 2. The summed E-state index contributed by atoms with van der Waals surface area (Å²) in [6.45, 7) is 1.88. The quantitative estimate of drug-likeness (QED) is 0.497. The summed E-state index contributed by atoms with van der Waals surface area (Å²) in [6.07, 6.45) is 0.0182. The first-order valence-corrected chi connectivity index (χ1v) is 11.4. The maximum atomic E-state index is 13.2. The van der Waals surface area contributed by atoms with Gasteiger partial charge < -0.3 is 14.2 Å². The van der Waals surface area contributed by atoms with Crippen LogP contribution in [0.15, 0.2) is 47.4 Å². The molecular weight excluding hydrogens is 420 g/mol. The van der Waals surface area contributed by atoms with Crippen LogP contribution in [0, 0.1) is 12.3 Å². The summed E-state index contributed by atoms with van der Waals surface area (Å²) >= 11 is 0. The number of methoxy groups -OCH3 is 3. The molecule has 0 saturated heterocycles. The van der Waals surface area contributed by atoms with Gasteiger partial charge in [-0.05, 0) is 55.2 Å². The predicted octanol–water partition coefficient (Wildman–Crippen LogP) is 2.84. The van der Waals surface area contributed by atoms with E-state index in [1.807, 2.05) is 6.92 Å². The van der Waals surface area contributed by atoms with E-state index in [9.17, 15) is 18.0 Å². The third kappa shape index (κ3) is 4.30. The molecule has 0 heterocycles. The largest absolute Gasteiger partial charge is 0.497 e. The SMILES string of the molecule is COC(=O)C1(C(=O)OC)Cc2ccc(OC)cc2C(CS(=O)(=O)c2ccc(C)cc2)C1. The Labute approximate surface area is 182 Å². The molecule has 166 valence electrons. The van der Waals surface area contributed by atoms with Crippen LogP contribution in [0.5, 0.6) is 5.75 Å². The minimum atomic E-state index is -3.70. The highest BCUT2D eigenvalue weighted by Crippen LogP contribution is 2.46. The highest BCUT2D eigenvalue weighted by molar-refractivity contribution is 7.91. The second-order valence-electron chi connectivity index (χ2n) is 7.80. The second kappa shape index (κ2) is 8.70. The average Bonchev–Trinajstić information content (AvgIpc) is 2.77. The van der Waals surface area contributed by atoms with E-state index in [1.54, 1.807) is 42.5 Å². The Morgan fingerprint density at radius 3 is 2.16 bits per heavy atom. The number of sulfone groups is 1. The van der Waals surface area contributed by atoms with Crippen LogP contribution in [-0.4, -0.2) is 47.4 Å². The molecule has 8 heteroatoms. The van der Waals surface area contributed by atoms with Gasteiger partial charge in [-0.15, -0.1) is 0 Å². The van der Waals surface area contributed by atoms with Crippen molar-refractivity contribution in [3.05, 3.63) is 59.2 Å². The van der Waals surface area contributed by atoms with Gasteiger partial charge in [-0.2, -0.15) is 0 Å². The Balaban J connectivity index is 2.11. The first kappa shape index (κ1) is 22.8. The Bertz CT molecular complexity index is 1070. The van der Waals surface area contributed by atoms with Crippen molar-refractivity contribution in [3.8, 4) is 5.75 Å². The topological polar surface area (TPSA) is 96.0 Å². The molecule has 2 aromatic carbocycles. The van der Waals surface area contributed by atoms with Gasteiger partial charge in [0.05, 0.1) is 32.0 Å². The van der Waals surface area contributed by atoms with E-state index in [-0.39, 0.29) is 23.5 Å². The van der Waals surface area contributed by atoms with Crippen molar-refractivity contribution >= 4 is 21.8 Å². The molecule has 7 nitrogen and oxygen atoms in total. The van der Waals surface area contributed by atoms with E-state index >= 15 is 0 Å². The molecule has 0 spiro atoms. The van der Waals surface area contributed by atoms with E-state index in [4.69, 9.17) is 14.2 Å². The lowest BCUT2D eigenvalue weighted by molar-refractivity contribution is -0.170. The Morgan fingerprint density at radius 1 is 1.00 bits per heavy atom. The molecule has 3 rings (SSSR count). The molecule has 1 unspecified atom stereocenters. The van der Waals surface area contributed by atoms with Crippen LogP contribution >= 0.6 is 0 Å². The summed E-state index contributed by atoms with van der Waals surface area (Å²) in [4.78, 5) is 25.7. The minimum absolute atomic E-state index is 0.0440. The van der Waals surface area contributed by atoms with E-state index in [0.29, 0.717) is 11.3 Å². The molecule has 31 heavy (non-hydrogen) atoms. The van der Waals surface area contributed by atoms with Crippen molar-refractivity contribution in [3.63, 3.8) is 0 Å². The molecule has 0 fully saturated rings. The van der Waals surface area contributed by atoms with Gasteiger partial charge >= 0.3 is 11.9 Å². The molecule has 0 radical (unpaired) electrons. The standard InChI is InChI=1S/C23H26O7S/c1-15-5-9-19(10-6-15)31(26,27)14-17-13-23(21(24)29-3,22(25)30-4)12-16-7-8-18(28-2)11-20(16)17/h5-11,17H,12-14H2,1-4H3. The van der Waals surface area contributed by atoms with Gasteiger partial charge in [0, 0.05) is 5.92 Å². The summed E-state index contributed by atoms with van der Waals surface area (Å²) in [7, 11) is 0.231. The van der Waals surface area contributed by atoms with Crippen molar-refractivity contribution in [2.24, 2.45) is 5.41 Å². The number of fused-ring (bicyclic) bond motifs is 1. The van der Waals surface area contributed by atoms with Crippen LogP contribution in [0.1, 0.15) is 29.0 Å². The maximum absolute atomic E-state index is 13.2. The Morgan fingerprint density at radius 2 is 1.61 bits per heavy atom. The molecule has 0 N–H and O–H groups in total. The number of ether oxygens (including phenoxy) is 3. The first-order chi connectivity index (χ1) is 14.7. The normalized spacial score (nSPS) is 17.4. The molecule has 0 amide bonds. The van der Waals surface area contributed by atoms with Gasteiger partial charge in [0.25, 0.3) is 0 Å². The molecule has 1 atom stereocenters. The van der Waals surface area contributed by atoms with Crippen LogP contribution < -0.4 is 4.74 Å². The van der Waals surface area contributed by atoms with Gasteiger partial charge in [0.1, 0.15) is 5.75 Å². The first-order valence-electron chi connectivity index (χ1n) is 9.80. The number of hydrogen-bond acceptors (Lipinski definition) is 7. The fourth-order valence-corrected chi connectivity index (χ4v) is 5.78. The highest BCUT2D eigenvalue weighted by Gasteiger charge is 2.53. The van der Waals surface area contributed by atoms with Crippen molar-refractivity contribution in [2.45, 2.75) is 30.6 Å². The highest BCUT2D eigenvalue weighted by atomic mass is 32.2. The van der Waals surface area contributed by atoms with E-state index < -0.39 is 33.1 Å². The smallest absolute Gasteiger partial charge is 0.323 e. The second-order valence-corrected chi connectivity index (χ2v) is 9.84. The number of benzene rings is 2. The van der Waals surface area contributed by atoms with Crippen molar-refractivity contribution in [1.29, 1.82) is 0 Å². The number of rotatable bonds is 6. The zero-order chi connectivity index (χ0) is 22.8. The Kier molecular flexibility index (Phi) is 6.40. The van der Waals surface area contributed by atoms with Crippen molar-refractivity contribution in [2.75, 3.05) is 27.1 Å². The average molecular weight is 447 g/mol. The third-order valence-electron chi connectivity index (χ3n) is 5.83. The molecule has 0 aromatic heterocycles. The van der Waals surface area contributed by atoms with E-state index in [2.05, 4.69) is 0 Å². The monoisotopic (exact) mass is 446 g/mol. The fraction of sp³-hybridized carbons (Fsp3) is 0.391. The van der Waals surface area contributed by atoms with E-state index in [0.717, 1.165) is 11.1 Å². The summed E-state index contributed by atoms with van der Waals surface area (Å²) in [6, 6.07) is 11.8.